The lowest BCUT2D eigenvalue weighted by atomic mass is 9.39. The van der Waals surface area contributed by atoms with Crippen molar-refractivity contribution < 1.29 is 14.6 Å². The smallest absolute Gasteiger partial charge is 0.162 e. The Morgan fingerprint density at radius 3 is 2.67 bits per heavy atom. The summed E-state index contributed by atoms with van der Waals surface area (Å²) in [5, 5.41) is 11.0. The minimum Gasteiger partial charge on any atom is -0.390 e. The fraction of sp³-hybridized carbons (Fsp3) is 1.00. The van der Waals surface area contributed by atoms with Crippen LogP contribution in [0.2, 0.25) is 0 Å². The molecule has 1 heterocycles. The number of methoxy groups -OCH3 is 1. The second-order valence-corrected chi connectivity index (χ2v) is 10.5. The maximum atomic E-state index is 11.0. The van der Waals surface area contributed by atoms with Crippen LogP contribution in [0.4, 0.5) is 0 Å². The van der Waals surface area contributed by atoms with Crippen LogP contribution in [0.25, 0.3) is 0 Å². The van der Waals surface area contributed by atoms with E-state index in [4.69, 9.17) is 9.47 Å². The van der Waals surface area contributed by atoms with Crippen molar-refractivity contribution in [2.75, 3.05) is 13.7 Å². The molecule has 0 aromatic heterocycles. The average molecular weight is 335 g/mol. The molecular formula is C21H34O3. The van der Waals surface area contributed by atoms with E-state index in [1.165, 1.54) is 51.4 Å². The van der Waals surface area contributed by atoms with Gasteiger partial charge in [0.25, 0.3) is 0 Å². The third-order valence-electron chi connectivity index (χ3n) is 9.51. The van der Waals surface area contributed by atoms with Gasteiger partial charge in [0.05, 0.1) is 12.2 Å². The summed E-state index contributed by atoms with van der Waals surface area (Å²) in [6.45, 7) is 5.44. The van der Waals surface area contributed by atoms with Crippen LogP contribution in [0, 0.1) is 34.0 Å². The predicted molar refractivity (Wildman–Crippen MR) is 92.4 cm³/mol. The Bertz CT molecular complexity index is 545. The van der Waals surface area contributed by atoms with E-state index >= 15 is 0 Å². The van der Waals surface area contributed by atoms with E-state index in [-0.39, 0.29) is 11.7 Å². The van der Waals surface area contributed by atoms with Crippen molar-refractivity contribution in [3.05, 3.63) is 0 Å². The zero-order chi connectivity index (χ0) is 16.8. The highest BCUT2D eigenvalue weighted by molar-refractivity contribution is 5.18. The summed E-state index contributed by atoms with van der Waals surface area (Å²) in [5.41, 5.74) is 0.502. The largest absolute Gasteiger partial charge is 0.390 e. The van der Waals surface area contributed by atoms with Crippen LogP contribution in [0.3, 0.4) is 0 Å². The van der Waals surface area contributed by atoms with Crippen LogP contribution in [-0.2, 0) is 9.47 Å². The lowest BCUT2D eigenvalue weighted by Crippen LogP contribution is -2.66. The van der Waals surface area contributed by atoms with Crippen LogP contribution >= 0.6 is 0 Å². The Balaban J connectivity index is 1.57. The van der Waals surface area contributed by atoms with E-state index in [1.54, 1.807) is 0 Å². The van der Waals surface area contributed by atoms with Gasteiger partial charge in [-0.2, -0.15) is 0 Å². The highest BCUT2D eigenvalue weighted by atomic mass is 16.7. The topological polar surface area (TPSA) is 38.7 Å². The molecule has 4 bridgehead atoms. The molecule has 4 aliphatic carbocycles. The minimum absolute atomic E-state index is 0.0204. The first kappa shape index (κ1) is 16.1. The van der Waals surface area contributed by atoms with Crippen LogP contribution in [0.1, 0.15) is 71.6 Å². The van der Waals surface area contributed by atoms with Gasteiger partial charge >= 0.3 is 0 Å². The van der Waals surface area contributed by atoms with Gasteiger partial charge in [-0.25, -0.2) is 0 Å². The van der Waals surface area contributed by atoms with E-state index in [1.807, 2.05) is 7.11 Å². The third kappa shape index (κ3) is 1.75. The molecule has 5 aliphatic rings. The first-order valence-electron chi connectivity index (χ1n) is 10.2. The molecule has 3 nitrogen and oxygen atoms in total. The molecule has 0 amide bonds. The van der Waals surface area contributed by atoms with Crippen molar-refractivity contribution in [2.24, 2.45) is 34.0 Å². The average Bonchev–Trinajstić information content (AvgIpc) is 2.71. The standard InChI is InChI=1S/C21H34O3/c1-18-8-4-9-21(13-24-17(18)23-3)15(18)7-10-20-11-14(5-6-16(20)21)19(2,22)12-20/h14-17,22H,4-13H2,1-3H3/t14-,15+,16-,17-,18+,19-,20+,21+/m1/s1. The SMILES string of the molecule is CO[C@@H]1OC[C@@]23CCC[C@@]1(C)[C@@H]2CC[C@@]12C[C@@H](CC[C@H]13)[C@](C)(O)C2. The summed E-state index contributed by atoms with van der Waals surface area (Å²) >= 11 is 0. The van der Waals surface area contributed by atoms with Gasteiger partial charge in [-0.15, -0.1) is 0 Å². The normalized spacial score (nSPS) is 62.0. The summed E-state index contributed by atoms with van der Waals surface area (Å²) in [6, 6.07) is 0. The Morgan fingerprint density at radius 1 is 1.04 bits per heavy atom. The Kier molecular flexibility index (Phi) is 3.20. The Morgan fingerprint density at radius 2 is 1.88 bits per heavy atom. The van der Waals surface area contributed by atoms with Crippen molar-refractivity contribution in [1.82, 2.24) is 0 Å². The fourth-order valence-corrected chi connectivity index (χ4v) is 8.84. The maximum absolute atomic E-state index is 11.0. The molecule has 4 saturated carbocycles. The number of rotatable bonds is 1. The molecule has 5 rings (SSSR count). The second kappa shape index (κ2) is 4.78. The number of fused-ring (bicyclic) bond motifs is 1. The van der Waals surface area contributed by atoms with E-state index in [0.717, 1.165) is 24.9 Å². The van der Waals surface area contributed by atoms with Crippen LogP contribution in [0.15, 0.2) is 0 Å². The zero-order valence-corrected chi connectivity index (χ0v) is 15.6. The van der Waals surface area contributed by atoms with Gasteiger partial charge in [0.1, 0.15) is 0 Å². The highest BCUT2D eigenvalue weighted by Crippen LogP contribution is 2.74. The quantitative estimate of drug-likeness (QED) is 0.783. The number of ether oxygens (including phenoxy) is 2. The first-order chi connectivity index (χ1) is 11.4. The molecule has 1 N–H and O–H groups in total. The van der Waals surface area contributed by atoms with E-state index in [9.17, 15) is 5.11 Å². The number of hydrogen-bond donors (Lipinski definition) is 1. The predicted octanol–water partition coefficient (Wildman–Crippen LogP) is 4.13. The van der Waals surface area contributed by atoms with Gasteiger partial charge in [0.2, 0.25) is 0 Å². The van der Waals surface area contributed by atoms with Crippen molar-refractivity contribution in [2.45, 2.75) is 83.5 Å². The summed E-state index contributed by atoms with van der Waals surface area (Å²) in [7, 11) is 1.82. The van der Waals surface area contributed by atoms with E-state index in [0.29, 0.717) is 16.7 Å². The fourth-order valence-electron chi connectivity index (χ4n) is 8.84. The summed E-state index contributed by atoms with van der Waals surface area (Å²) in [6.07, 6.45) is 11.4. The van der Waals surface area contributed by atoms with Crippen molar-refractivity contribution in [3.63, 3.8) is 0 Å². The van der Waals surface area contributed by atoms with E-state index < -0.39 is 5.60 Å². The monoisotopic (exact) mass is 334 g/mol. The van der Waals surface area contributed by atoms with Gasteiger partial charge in [0.15, 0.2) is 6.29 Å². The molecule has 8 atom stereocenters. The van der Waals surface area contributed by atoms with Crippen molar-refractivity contribution in [1.29, 1.82) is 0 Å². The molecule has 136 valence electrons. The lowest BCUT2D eigenvalue weighted by molar-refractivity contribution is -0.324. The molecule has 24 heavy (non-hydrogen) atoms. The Labute approximate surface area is 146 Å². The summed E-state index contributed by atoms with van der Waals surface area (Å²) < 4.78 is 12.2. The molecule has 3 heteroatoms. The van der Waals surface area contributed by atoms with Crippen molar-refractivity contribution >= 4 is 0 Å². The highest BCUT2D eigenvalue weighted by Gasteiger charge is 2.70. The maximum Gasteiger partial charge on any atom is 0.162 e. The van der Waals surface area contributed by atoms with Gasteiger partial charge in [0, 0.05) is 17.9 Å². The van der Waals surface area contributed by atoms with E-state index in [2.05, 4.69) is 13.8 Å². The molecule has 1 saturated heterocycles. The number of aliphatic hydroxyl groups is 1. The van der Waals surface area contributed by atoms with Crippen LogP contribution in [-0.4, -0.2) is 30.7 Å². The molecule has 0 aromatic rings. The molecule has 0 aromatic carbocycles. The zero-order valence-electron chi connectivity index (χ0n) is 15.6. The Hall–Kier alpha value is -0.120. The first-order valence-corrected chi connectivity index (χ1v) is 10.2. The molecular weight excluding hydrogens is 300 g/mol. The van der Waals surface area contributed by atoms with Gasteiger partial charge in [-0.1, -0.05) is 13.3 Å². The van der Waals surface area contributed by atoms with Gasteiger partial charge in [-0.3, -0.25) is 0 Å². The van der Waals surface area contributed by atoms with Gasteiger partial charge in [-0.05, 0) is 81.5 Å². The molecule has 5 fully saturated rings. The summed E-state index contributed by atoms with van der Waals surface area (Å²) in [5.74, 6) is 2.04. The van der Waals surface area contributed by atoms with Crippen molar-refractivity contribution in [3.8, 4) is 0 Å². The summed E-state index contributed by atoms with van der Waals surface area (Å²) in [4.78, 5) is 0. The molecule has 1 aliphatic heterocycles. The lowest BCUT2D eigenvalue weighted by Gasteiger charge is -2.68. The molecule has 0 radical (unpaired) electrons. The molecule has 1 spiro atoms. The second-order valence-electron chi connectivity index (χ2n) is 10.5. The van der Waals surface area contributed by atoms with Crippen LogP contribution in [0.5, 0.6) is 0 Å². The van der Waals surface area contributed by atoms with Crippen LogP contribution < -0.4 is 0 Å². The van der Waals surface area contributed by atoms with Gasteiger partial charge < -0.3 is 14.6 Å². The third-order valence-corrected chi connectivity index (χ3v) is 9.51. The molecule has 0 unspecified atom stereocenters. The minimum atomic E-state index is -0.430. The number of hydrogen-bond acceptors (Lipinski definition) is 3.